The van der Waals surface area contributed by atoms with Crippen molar-refractivity contribution in [3.05, 3.63) is 59.1 Å². The summed E-state index contributed by atoms with van der Waals surface area (Å²) in [4.78, 5) is 22.3. The molecule has 7 heteroatoms. The first-order valence-electron chi connectivity index (χ1n) is 8.83. The van der Waals surface area contributed by atoms with Crippen molar-refractivity contribution in [1.82, 2.24) is 19.2 Å². The van der Waals surface area contributed by atoms with E-state index in [9.17, 15) is 9.18 Å². The fourth-order valence-corrected chi connectivity index (χ4v) is 4.07. The summed E-state index contributed by atoms with van der Waals surface area (Å²) in [6.07, 6.45) is 5.19. The van der Waals surface area contributed by atoms with Gasteiger partial charge in [-0.15, -0.1) is 11.3 Å². The summed E-state index contributed by atoms with van der Waals surface area (Å²) in [6.45, 7) is 4.08. The zero-order valence-electron chi connectivity index (χ0n) is 14.5. The van der Waals surface area contributed by atoms with Crippen LogP contribution in [0.3, 0.4) is 0 Å². The van der Waals surface area contributed by atoms with Crippen molar-refractivity contribution < 1.29 is 9.18 Å². The summed E-state index contributed by atoms with van der Waals surface area (Å²) in [7, 11) is 0. The molecular weight excluding hydrogens is 351 g/mol. The number of aromatic nitrogens is 2. The first kappa shape index (κ1) is 17.2. The van der Waals surface area contributed by atoms with Gasteiger partial charge in [0.1, 0.15) is 5.82 Å². The molecule has 1 amide bonds. The number of carbonyl (C=O) groups is 1. The van der Waals surface area contributed by atoms with Crippen LogP contribution in [0.2, 0.25) is 0 Å². The van der Waals surface area contributed by atoms with E-state index in [1.165, 1.54) is 12.1 Å². The maximum absolute atomic E-state index is 13.0. The van der Waals surface area contributed by atoms with E-state index >= 15 is 0 Å². The van der Waals surface area contributed by atoms with Gasteiger partial charge in [0.15, 0.2) is 4.96 Å². The molecule has 1 aromatic carbocycles. The molecule has 3 aromatic rings. The van der Waals surface area contributed by atoms with Crippen LogP contribution in [0.4, 0.5) is 4.39 Å². The van der Waals surface area contributed by atoms with Gasteiger partial charge in [0.05, 0.1) is 12.1 Å². The van der Waals surface area contributed by atoms with Gasteiger partial charge < -0.3 is 4.90 Å². The number of thiazole rings is 1. The topological polar surface area (TPSA) is 40.9 Å². The zero-order valence-corrected chi connectivity index (χ0v) is 15.3. The van der Waals surface area contributed by atoms with E-state index in [4.69, 9.17) is 0 Å². The van der Waals surface area contributed by atoms with Crippen molar-refractivity contribution in [3.8, 4) is 0 Å². The van der Waals surface area contributed by atoms with Crippen LogP contribution >= 0.6 is 11.3 Å². The molecule has 1 aliphatic rings. The number of amides is 1. The van der Waals surface area contributed by atoms with Crippen molar-refractivity contribution in [2.24, 2.45) is 0 Å². The highest BCUT2D eigenvalue weighted by atomic mass is 32.1. The molecule has 4 rings (SSSR count). The van der Waals surface area contributed by atoms with Gasteiger partial charge in [-0.05, 0) is 24.1 Å². The lowest BCUT2D eigenvalue weighted by molar-refractivity contribution is -0.130. The molecule has 3 heterocycles. The average Bonchev–Trinajstić information content (AvgIpc) is 3.12. The standard InChI is InChI=1S/C19H21FN4OS/c20-16-4-2-15(3-5-16)13-22-6-1-7-23(9-8-22)18(25)12-17-14-24-10-11-26-19(24)21-17/h2-5,10-11,14H,1,6-9,12-13H2. The van der Waals surface area contributed by atoms with Crippen LogP contribution in [0, 0.1) is 5.82 Å². The lowest BCUT2D eigenvalue weighted by Crippen LogP contribution is -2.36. The molecular formula is C19H21FN4OS. The Balaban J connectivity index is 1.33. The molecule has 136 valence electrons. The second kappa shape index (κ2) is 7.55. The molecule has 0 spiro atoms. The van der Waals surface area contributed by atoms with Crippen LogP contribution in [0.1, 0.15) is 17.7 Å². The molecule has 5 nitrogen and oxygen atoms in total. The maximum Gasteiger partial charge on any atom is 0.228 e. The van der Waals surface area contributed by atoms with Crippen molar-refractivity contribution in [2.75, 3.05) is 26.2 Å². The highest BCUT2D eigenvalue weighted by molar-refractivity contribution is 7.15. The van der Waals surface area contributed by atoms with Crippen molar-refractivity contribution in [1.29, 1.82) is 0 Å². The third-order valence-corrected chi connectivity index (χ3v) is 5.51. The van der Waals surface area contributed by atoms with E-state index in [0.717, 1.165) is 55.4 Å². The van der Waals surface area contributed by atoms with Crippen LogP contribution in [0.25, 0.3) is 4.96 Å². The SMILES string of the molecule is O=C(Cc1cn2ccsc2n1)N1CCCN(Cc2ccc(F)cc2)CC1. The number of benzene rings is 1. The largest absolute Gasteiger partial charge is 0.341 e. The second-order valence-electron chi connectivity index (χ2n) is 6.64. The van der Waals surface area contributed by atoms with E-state index in [-0.39, 0.29) is 11.7 Å². The Bertz CT molecular complexity index is 860. The van der Waals surface area contributed by atoms with Crippen molar-refractivity contribution in [2.45, 2.75) is 19.4 Å². The quantitative estimate of drug-likeness (QED) is 0.707. The van der Waals surface area contributed by atoms with Gasteiger partial charge >= 0.3 is 0 Å². The third-order valence-electron chi connectivity index (χ3n) is 4.74. The fraction of sp³-hybridized carbons (Fsp3) is 0.368. The molecule has 0 N–H and O–H groups in total. The molecule has 1 fully saturated rings. The van der Waals surface area contributed by atoms with Crippen LogP contribution < -0.4 is 0 Å². The van der Waals surface area contributed by atoms with Gasteiger partial charge in [0.2, 0.25) is 5.91 Å². The summed E-state index contributed by atoms with van der Waals surface area (Å²) in [6, 6.07) is 6.65. The zero-order chi connectivity index (χ0) is 17.9. The number of hydrogen-bond acceptors (Lipinski definition) is 4. The first-order valence-corrected chi connectivity index (χ1v) is 9.71. The third kappa shape index (κ3) is 3.94. The molecule has 0 unspecified atom stereocenters. The lowest BCUT2D eigenvalue weighted by Gasteiger charge is -2.22. The summed E-state index contributed by atoms with van der Waals surface area (Å²) >= 11 is 1.57. The van der Waals surface area contributed by atoms with E-state index in [1.807, 2.05) is 39.2 Å². The van der Waals surface area contributed by atoms with Gasteiger partial charge in [0.25, 0.3) is 0 Å². The Morgan fingerprint density at radius 2 is 2.00 bits per heavy atom. The first-order chi connectivity index (χ1) is 12.7. The number of imidazole rings is 1. The van der Waals surface area contributed by atoms with Gasteiger partial charge in [-0.1, -0.05) is 12.1 Å². The van der Waals surface area contributed by atoms with Gasteiger partial charge in [-0.25, -0.2) is 9.37 Å². The maximum atomic E-state index is 13.0. The minimum Gasteiger partial charge on any atom is -0.341 e. The highest BCUT2D eigenvalue weighted by Crippen LogP contribution is 2.14. The summed E-state index contributed by atoms with van der Waals surface area (Å²) in [5.74, 6) is -0.0695. The van der Waals surface area contributed by atoms with Crippen LogP contribution in [0.5, 0.6) is 0 Å². The number of halogens is 1. The fourth-order valence-electron chi connectivity index (χ4n) is 3.35. The molecule has 0 bridgehead atoms. The van der Waals surface area contributed by atoms with E-state index < -0.39 is 0 Å². The number of carbonyl (C=O) groups excluding carboxylic acids is 1. The molecule has 1 saturated heterocycles. The average molecular weight is 372 g/mol. The minimum absolute atomic E-state index is 0.138. The van der Waals surface area contributed by atoms with E-state index in [2.05, 4.69) is 9.88 Å². The predicted octanol–water partition coefficient (Wildman–Crippen LogP) is 2.81. The summed E-state index contributed by atoms with van der Waals surface area (Å²) in [5.41, 5.74) is 1.93. The van der Waals surface area contributed by atoms with Crippen molar-refractivity contribution in [3.63, 3.8) is 0 Å². The number of rotatable bonds is 4. The predicted molar refractivity (Wildman–Crippen MR) is 99.6 cm³/mol. The number of nitrogens with zero attached hydrogens (tertiary/aromatic N) is 4. The van der Waals surface area contributed by atoms with Crippen LogP contribution in [-0.4, -0.2) is 51.3 Å². The molecule has 0 radical (unpaired) electrons. The van der Waals surface area contributed by atoms with Crippen LogP contribution in [0.15, 0.2) is 42.0 Å². The molecule has 0 saturated carbocycles. The van der Waals surface area contributed by atoms with Crippen LogP contribution in [-0.2, 0) is 17.8 Å². The Kier molecular flexibility index (Phi) is 4.99. The van der Waals surface area contributed by atoms with Gasteiger partial charge in [0, 0.05) is 50.5 Å². The second-order valence-corrected chi connectivity index (χ2v) is 7.51. The van der Waals surface area contributed by atoms with E-state index in [0.29, 0.717) is 6.42 Å². The van der Waals surface area contributed by atoms with E-state index in [1.54, 1.807) is 11.3 Å². The summed E-state index contributed by atoms with van der Waals surface area (Å²) < 4.78 is 15.0. The highest BCUT2D eigenvalue weighted by Gasteiger charge is 2.20. The lowest BCUT2D eigenvalue weighted by atomic mass is 10.2. The monoisotopic (exact) mass is 372 g/mol. The number of fused-ring (bicyclic) bond motifs is 1. The molecule has 2 aromatic heterocycles. The minimum atomic E-state index is -0.208. The number of hydrogen-bond donors (Lipinski definition) is 0. The molecule has 26 heavy (non-hydrogen) atoms. The normalized spacial score (nSPS) is 16.1. The van der Waals surface area contributed by atoms with Gasteiger partial charge in [-0.2, -0.15) is 0 Å². The Morgan fingerprint density at radius 1 is 1.15 bits per heavy atom. The summed E-state index contributed by atoms with van der Waals surface area (Å²) in [5, 5.41) is 1.98. The smallest absolute Gasteiger partial charge is 0.228 e. The molecule has 0 aliphatic carbocycles. The van der Waals surface area contributed by atoms with Crippen molar-refractivity contribution >= 4 is 22.2 Å². The Hall–Kier alpha value is -2.25. The molecule has 1 aliphatic heterocycles. The van der Waals surface area contributed by atoms with Gasteiger partial charge in [-0.3, -0.25) is 14.1 Å². The Labute approximate surface area is 155 Å². The Morgan fingerprint density at radius 3 is 2.81 bits per heavy atom. The molecule has 0 atom stereocenters.